The second-order valence-electron chi connectivity index (χ2n) is 5.04. The Balaban J connectivity index is 1.85. The Morgan fingerprint density at radius 2 is 2.24 bits per heavy atom. The summed E-state index contributed by atoms with van der Waals surface area (Å²) in [6.07, 6.45) is -1.35. The summed E-state index contributed by atoms with van der Waals surface area (Å²) in [5, 5.41) is 2.58. The van der Waals surface area contributed by atoms with Crippen LogP contribution in [-0.4, -0.2) is 45.5 Å². The van der Waals surface area contributed by atoms with Gasteiger partial charge in [0.25, 0.3) is 0 Å². The predicted octanol–water partition coefficient (Wildman–Crippen LogP) is 0.447. The number of hydrogen-bond acceptors (Lipinski definition) is 3. The molecule has 1 N–H and O–H groups in total. The lowest BCUT2D eigenvalue weighted by atomic mass is 10.1. The van der Waals surface area contributed by atoms with Crippen LogP contribution in [0.4, 0.5) is 13.2 Å². The molecule has 2 heterocycles. The maximum Gasteiger partial charge on any atom is 0.406 e. The van der Waals surface area contributed by atoms with Gasteiger partial charge in [0.05, 0.1) is 24.5 Å². The third kappa shape index (κ3) is 4.20. The van der Waals surface area contributed by atoms with Gasteiger partial charge in [-0.3, -0.25) is 9.59 Å². The fraction of sp³-hybridized carbons (Fsp3) is 0.583. The fourth-order valence-electron chi connectivity index (χ4n) is 2.20. The Morgan fingerprint density at radius 1 is 1.52 bits per heavy atom. The number of carbonyl (C=O) groups excluding carboxylic acids is 2. The fourth-order valence-corrected chi connectivity index (χ4v) is 2.20. The van der Waals surface area contributed by atoms with E-state index in [2.05, 4.69) is 10.3 Å². The van der Waals surface area contributed by atoms with Crippen LogP contribution < -0.4 is 5.32 Å². The number of carbonyl (C=O) groups is 2. The van der Waals surface area contributed by atoms with E-state index < -0.39 is 30.5 Å². The average molecular weight is 304 g/mol. The lowest BCUT2D eigenvalue weighted by Crippen LogP contribution is -2.37. The van der Waals surface area contributed by atoms with Crippen LogP contribution in [0.3, 0.4) is 0 Å². The molecule has 1 saturated heterocycles. The number of halogens is 3. The van der Waals surface area contributed by atoms with Crippen LogP contribution in [0.25, 0.3) is 0 Å². The molecule has 6 nitrogen and oxygen atoms in total. The van der Waals surface area contributed by atoms with Gasteiger partial charge in [-0.05, 0) is 0 Å². The molecule has 0 bridgehead atoms. The number of nitrogens with zero attached hydrogens (tertiary/aromatic N) is 3. The highest BCUT2D eigenvalue weighted by Gasteiger charge is 2.40. The normalized spacial score (nSPS) is 19.1. The zero-order chi connectivity index (χ0) is 15.6. The molecule has 0 aromatic carbocycles. The summed E-state index contributed by atoms with van der Waals surface area (Å²) in [6, 6.07) is 0. The molecular weight excluding hydrogens is 289 g/mol. The highest BCUT2D eigenvalue weighted by Crippen LogP contribution is 2.23. The van der Waals surface area contributed by atoms with E-state index in [1.807, 2.05) is 0 Å². The molecule has 0 spiro atoms. The summed E-state index contributed by atoms with van der Waals surface area (Å²) in [5.74, 6) is -1.83. The Bertz CT molecular complexity index is 541. The zero-order valence-corrected chi connectivity index (χ0v) is 11.4. The summed E-state index contributed by atoms with van der Waals surface area (Å²) >= 11 is 0. The van der Waals surface area contributed by atoms with Crippen molar-refractivity contribution in [2.45, 2.75) is 19.1 Å². The molecule has 1 aliphatic rings. The van der Waals surface area contributed by atoms with Gasteiger partial charge in [-0.15, -0.1) is 0 Å². The van der Waals surface area contributed by atoms with Crippen LogP contribution in [0, 0.1) is 5.92 Å². The van der Waals surface area contributed by atoms with Crippen LogP contribution >= 0.6 is 0 Å². The van der Waals surface area contributed by atoms with E-state index in [9.17, 15) is 22.8 Å². The largest absolute Gasteiger partial charge is 0.406 e. The first-order valence-corrected chi connectivity index (χ1v) is 6.33. The van der Waals surface area contributed by atoms with Crippen LogP contribution in [0.5, 0.6) is 0 Å². The molecule has 0 saturated carbocycles. The highest BCUT2D eigenvalue weighted by atomic mass is 19.4. The van der Waals surface area contributed by atoms with Crippen molar-refractivity contribution in [3.8, 4) is 0 Å². The van der Waals surface area contributed by atoms with Gasteiger partial charge < -0.3 is 14.8 Å². The lowest BCUT2D eigenvalue weighted by molar-refractivity contribution is -0.157. The molecule has 2 amide bonds. The molecule has 1 fully saturated rings. The Kier molecular flexibility index (Phi) is 4.19. The quantitative estimate of drug-likeness (QED) is 0.878. The summed E-state index contributed by atoms with van der Waals surface area (Å²) in [6.45, 7) is -1.33. The first-order chi connectivity index (χ1) is 9.74. The number of hydrogen-bond donors (Lipinski definition) is 1. The summed E-state index contributed by atoms with van der Waals surface area (Å²) in [5.41, 5.74) is 0.641. The molecule has 1 aromatic heterocycles. The minimum atomic E-state index is -4.45. The number of nitrogens with one attached hydrogen (secondary N) is 1. The van der Waals surface area contributed by atoms with Gasteiger partial charge in [0, 0.05) is 26.2 Å². The summed E-state index contributed by atoms with van der Waals surface area (Å²) in [4.78, 5) is 28.0. The van der Waals surface area contributed by atoms with E-state index in [-0.39, 0.29) is 19.5 Å². The van der Waals surface area contributed by atoms with Crippen molar-refractivity contribution in [1.29, 1.82) is 0 Å². The van der Waals surface area contributed by atoms with Crippen molar-refractivity contribution >= 4 is 11.8 Å². The molecule has 21 heavy (non-hydrogen) atoms. The number of aryl methyl sites for hydroxylation is 1. The highest BCUT2D eigenvalue weighted by molar-refractivity contribution is 5.89. The molecule has 116 valence electrons. The number of aromatic nitrogens is 2. The molecule has 2 rings (SSSR count). The second kappa shape index (κ2) is 5.74. The SMILES string of the molecule is Cn1cnc(CNC(=O)C2CC(=O)N(CC(F)(F)F)C2)c1. The van der Waals surface area contributed by atoms with Crippen molar-refractivity contribution in [3.05, 3.63) is 18.2 Å². The minimum Gasteiger partial charge on any atom is -0.350 e. The Hall–Kier alpha value is -2.06. The molecule has 1 atom stereocenters. The molecule has 0 aliphatic carbocycles. The first-order valence-electron chi connectivity index (χ1n) is 6.33. The Labute approximate surface area is 118 Å². The second-order valence-corrected chi connectivity index (χ2v) is 5.04. The molecule has 1 unspecified atom stereocenters. The van der Waals surface area contributed by atoms with Crippen molar-refractivity contribution in [1.82, 2.24) is 19.8 Å². The Morgan fingerprint density at radius 3 is 2.81 bits per heavy atom. The van der Waals surface area contributed by atoms with Crippen LogP contribution in [-0.2, 0) is 23.2 Å². The maximum absolute atomic E-state index is 12.3. The number of likely N-dealkylation sites (tertiary alicyclic amines) is 1. The van der Waals surface area contributed by atoms with Gasteiger partial charge in [0.15, 0.2) is 0 Å². The van der Waals surface area contributed by atoms with Crippen molar-refractivity contribution < 1.29 is 22.8 Å². The summed E-state index contributed by atoms with van der Waals surface area (Å²) < 4.78 is 38.5. The van der Waals surface area contributed by atoms with Gasteiger partial charge in [0.1, 0.15) is 6.54 Å². The van der Waals surface area contributed by atoms with Crippen molar-refractivity contribution in [2.24, 2.45) is 13.0 Å². The number of amides is 2. The maximum atomic E-state index is 12.3. The van der Waals surface area contributed by atoms with E-state index in [0.29, 0.717) is 10.6 Å². The molecule has 1 aliphatic heterocycles. The smallest absolute Gasteiger partial charge is 0.350 e. The van der Waals surface area contributed by atoms with Crippen molar-refractivity contribution in [3.63, 3.8) is 0 Å². The standard InChI is InChI=1S/C12H15F3N4O2/c1-18-5-9(17-7-18)3-16-11(21)8-2-10(20)19(4-8)6-12(13,14)15/h5,7-8H,2-4,6H2,1H3,(H,16,21). The van der Waals surface area contributed by atoms with E-state index >= 15 is 0 Å². The number of alkyl halides is 3. The molecular formula is C12H15F3N4O2. The first kappa shape index (κ1) is 15.3. The van der Waals surface area contributed by atoms with E-state index in [1.54, 1.807) is 24.1 Å². The summed E-state index contributed by atoms with van der Waals surface area (Å²) in [7, 11) is 1.78. The zero-order valence-electron chi connectivity index (χ0n) is 11.4. The van der Waals surface area contributed by atoms with E-state index in [1.165, 1.54) is 0 Å². The monoisotopic (exact) mass is 304 g/mol. The van der Waals surface area contributed by atoms with Gasteiger partial charge >= 0.3 is 6.18 Å². The number of rotatable bonds is 4. The topological polar surface area (TPSA) is 67.2 Å². The minimum absolute atomic E-state index is 0.184. The van der Waals surface area contributed by atoms with E-state index in [4.69, 9.17) is 0 Å². The van der Waals surface area contributed by atoms with Gasteiger partial charge in [-0.1, -0.05) is 0 Å². The molecule has 0 radical (unpaired) electrons. The predicted molar refractivity (Wildman–Crippen MR) is 65.8 cm³/mol. The molecule has 1 aromatic rings. The third-order valence-electron chi connectivity index (χ3n) is 3.16. The van der Waals surface area contributed by atoms with Gasteiger partial charge in [0.2, 0.25) is 11.8 Å². The van der Waals surface area contributed by atoms with Gasteiger partial charge in [-0.25, -0.2) is 4.98 Å². The van der Waals surface area contributed by atoms with Crippen molar-refractivity contribution in [2.75, 3.05) is 13.1 Å². The molecule has 9 heteroatoms. The van der Waals surface area contributed by atoms with E-state index in [0.717, 1.165) is 0 Å². The van der Waals surface area contributed by atoms with Crippen LogP contribution in [0.1, 0.15) is 12.1 Å². The van der Waals surface area contributed by atoms with Crippen LogP contribution in [0.15, 0.2) is 12.5 Å². The lowest BCUT2D eigenvalue weighted by Gasteiger charge is -2.18. The van der Waals surface area contributed by atoms with Crippen LogP contribution in [0.2, 0.25) is 0 Å². The average Bonchev–Trinajstić information content (AvgIpc) is 2.92. The van der Waals surface area contributed by atoms with Gasteiger partial charge in [-0.2, -0.15) is 13.2 Å². The third-order valence-corrected chi connectivity index (χ3v) is 3.16. The number of imidazole rings is 1.